The van der Waals surface area contributed by atoms with Crippen LogP contribution in [-0.4, -0.2) is 73.0 Å². The molecule has 3 aliphatic rings. The first-order chi connectivity index (χ1) is 11.1. The predicted octanol–water partition coefficient (Wildman–Crippen LogP) is 0.236. The Morgan fingerprint density at radius 3 is 2.70 bits per heavy atom. The van der Waals surface area contributed by atoms with Gasteiger partial charge in [-0.3, -0.25) is 14.5 Å². The van der Waals surface area contributed by atoms with Crippen molar-refractivity contribution in [2.75, 3.05) is 32.9 Å². The van der Waals surface area contributed by atoms with Crippen molar-refractivity contribution in [3.05, 3.63) is 0 Å². The first-order valence-corrected chi connectivity index (χ1v) is 8.61. The molecule has 0 bridgehead atoms. The zero-order valence-corrected chi connectivity index (χ0v) is 13.4. The highest BCUT2D eigenvalue weighted by atomic mass is 16.5. The van der Waals surface area contributed by atoms with Crippen molar-refractivity contribution in [3.8, 4) is 0 Å². The Labute approximate surface area is 136 Å². The van der Waals surface area contributed by atoms with Crippen LogP contribution in [0.2, 0.25) is 0 Å². The SMILES string of the molecule is O=C(OC[C@H]1C[C@@H](C(=O)O)N(C2CCOCC2)C1)[C@@H]1CCCN1. The van der Waals surface area contributed by atoms with Crippen molar-refractivity contribution >= 4 is 11.9 Å². The lowest BCUT2D eigenvalue weighted by Crippen LogP contribution is -2.45. The first-order valence-electron chi connectivity index (χ1n) is 8.61. The number of likely N-dealkylation sites (tertiary alicyclic amines) is 1. The van der Waals surface area contributed by atoms with Crippen molar-refractivity contribution in [1.29, 1.82) is 0 Å². The van der Waals surface area contributed by atoms with E-state index in [0.29, 0.717) is 32.8 Å². The number of carbonyl (C=O) groups is 2. The molecule has 0 aromatic heterocycles. The minimum Gasteiger partial charge on any atom is -0.480 e. The summed E-state index contributed by atoms with van der Waals surface area (Å²) in [7, 11) is 0. The first kappa shape index (κ1) is 16.7. The zero-order valence-electron chi connectivity index (χ0n) is 13.4. The molecule has 3 heterocycles. The van der Waals surface area contributed by atoms with Gasteiger partial charge in [0.25, 0.3) is 0 Å². The second kappa shape index (κ2) is 7.59. The molecule has 0 unspecified atom stereocenters. The Morgan fingerprint density at radius 1 is 1.26 bits per heavy atom. The number of rotatable bonds is 5. The van der Waals surface area contributed by atoms with E-state index in [0.717, 1.165) is 32.2 Å². The Balaban J connectivity index is 1.52. The van der Waals surface area contributed by atoms with Gasteiger partial charge < -0.3 is 19.9 Å². The van der Waals surface area contributed by atoms with Crippen molar-refractivity contribution in [2.45, 2.75) is 50.2 Å². The third-order valence-corrected chi connectivity index (χ3v) is 5.18. The summed E-state index contributed by atoms with van der Waals surface area (Å²) in [4.78, 5) is 25.6. The van der Waals surface area contributed by atoms with E-state index >= 15 is 0 Å². The number of ether oxygens (including phenoxy) is 2. The minimum atomic E-state index is -0.775. The quantitative estimate of drug-likeness (QED) is 0.700. The number of hydrogen-bond acceptors (Lipinski definition) is 6. The van der Waals surface area contributed by atoms with Crippen molar-refractivity contribution in [1.82, 2.24) is 10.2 Å². The number of nitrogens with zero attached hydrogens (tertiary/aromatic N) is 1. The third kappa shape index (κ3) is 4.02. The number of carboxylic acid groups (broad SMARTS) is 1. The van der Waals surface area contributed by atoms with Crippen LogP contribution in [0.1, 0.15) is 32.1 Å². The molecule has 0 aromatic carbocycles. The van der Waals surface area contributed by atoms with Gasteiger partial charge >= 0.3 is 11.9 Å². The van der Waals surface area contributed by atoms with Crippen molar-refractivity contribution in [3.63, 3.8) is 0 Å². The van der Waals surface area contributed by atoms with Crippen LogP contribution < -0.4 is 5.32 Å². The Morgan fingerprint density at radius 2 is 2.04 bits per heavy atom. The smallest absolute Gasteiger partial charge is 0.323 e. The summed E-state index contributed by atoms with van der Waals surface area (Å²) in [5, 5.41) is 12.6. The summed E-state index contributed by atoms with van der Waals surface area (Å²) in [6.07, 6.45) is 4.14. The van der Waals surface area contributed by atoms with Crippen LogP contribution in [0.15, 0.2) is 0 Å². The summed E-state index contributed by atoms with van der Waals surface area (Å²) in [5.74, 6) is -0.869. The molecular formula is C16H26N2O5. The number of esters is 1. The van der Waals surface area contributed by atoms with Crippen molar-refractivity contribution in [2.24, 2.45) is 5.92 Å². The Bertz CT molecular complexity index is 432. The van der Waals surface area contributed by atoms with Crippen LogP contribution >= 0.6 is 0 Å². The Hall–Kier alpha value is -1.18. The van der Waals surface area contributed by atoms with E-state index in [1.165, 1.54) is 0 Å². The lowest BCUT2D eigenvalue weighted by Gasteiger charge is -2.33. The predicted molar refractivity (Wildman–Crippen MR) is 82.1 cm³/mol. The highest BCUT2D eigenvalue weighted by Crippen LogP contribution is 2.29. The number of hydrogen-bond donors (Lipinski definition) is 2. The molecule has 3 atom stereocenters. The topological polar surface area (TPSA) is 88.1 Å². The third-order valence-electron chi connectivity index (χ3n) is 5.18. The normalized spacial score (nSPS) is 33.0. The summed E-state index contributed by atoms with van der Waals surface area (Å²) in [6, 6.07) is -0.383. The van der Waals surface area contributed by atoms with E-state index in [1.54, 1.807) is 0 Å². The molecule has 7 heteroatoms. The van der Waals surface area contributed by atoms with Gasteiger partial charge in [0, 0.05) is 31.7 Å². The molecular weight excluding hydrogens is 300 g/mol. The highest BCUT2D eigenvalue weighted by molar-refractivity contribution is 5.76. The van der Waals surface area contributed by atoms with Crippen LogP contribution in [0.5, 0.6) is 0 Å². The van der Waals surface area contributed by atoms with Crippen molar-refractivity contribution < 1.29 is 24.2 Å². The van der Waals surface area contributed by atoms with Gasteiger partial charge in [0.1, 0.15) is 12.1 Å². The van der Waals surface area contributed by atoms with E-state index < -0.39 is 12.0 Å². The fraction of sp³-hybridized carbons (Fsp3) is 0.875. The molecule has 0 aromatic rings. The maximum atomic E-state index is 12.0. The summed E-state index contributed by atoms with van der Waals surface area (Å²) in [5.41, 5.74) is 0. The van der Waals surface area contributed by atoms with Crippen LogP contribution in [0.3, 0.4) is 0 Å². The van der Waals surface area contributed by atoms with E-state index in [2.05, 4.69) is 10.2 Å². The molecule has 23 heavy (non-hydrogen) atoms. The Kier molecular flexibility index (Phi) is 5.50. The second-order valence-corrected chi connectivity index (χ2v) is 6.78. The maximum absolute atomic E-state index is 12.0. The zero-order chi connectivity index (χ0) is 16.2. The van der Waals surface area contributed by atoms with Gasteiger partial charge in [0.15, 0.2) is 0 Å². The largest absolute Gasteiger partial charge is 0.480 e. The number of nitrogens with one attached hydrogen (secondary N) is 1. The molecule has 130 valence electrons. The van der Waals surface area contributed by atoms with Gasteiger partial charge in [-0.2, -0.15) is 0 Å². The van der Waals surface area contributed by atoms with Crippen LogP contribution in [0.4, 0.5) is 0 Å². The molecule has 3 saturated heterocycles. The van der Waals surface area contributed by atoms with Crippen LogP contribution in [0.25, 0.3) is 0 Å². The second-order valence-electron chi connectivity index (χ2n) is 6.78. The lowest BCUT2D eigenvalue weighted by atomic mass is 10.1. The molecule has 7 nitrogen and oxygen atoms in total. The number of carboxylic acids is 1. The maximum Gasteiger partial charge on any atom is 0.323 e. The lowest BCUT2D eigenvalue weighted by molar-refractivity contribution is -0.147. The molecule has 0 aliphatic carbocycles. The monoisotopic (exact) mass is 326 g/mol. The summed E-state index contributed by atoms with van der Waals surface area (Å²) < 4.78 is 10.8. The highest BCUT2D eigenvalue weighted by Gasteiger charge is 2.41. The van der Waals surface area contributed by atoms with E-state index in [1.807, 2.05) is 0 Å². The van der Waals surface area contributed by atoms with Gasteiger partial charge in [0.2, 0.25) is 0 Å². The minimum absolute atomic E-state index is 0.101. The summed E-state index contributed by atoms with van der Waals surface area (Å²) in [6.45, 7) is 3.26. The average Bonchev–Trinajstić information content (AvgIpc) is 3.23. The summed E-state index contributed by atoms with van der Waals surface area (Å²) >= 11 is 0. The molecule has 0 amide bonds. The van der Waals surface area contributed by atoms with E-state index in [9.17, 15) is 14.7 Å². The van der Waals surface area contributed by atoms with Crippen LogP contribution in [-0.2, 0) is 19.1 Å². The molecule has 3 fully saturated rings. The molecule has 2 N–H and O–H groups in total. The van der Waals surface area contributed by atoms with E-state index in [-0.39, 0.29) is 24.0 Å². The fourth-order valence-electron chi connectivity index (χ4n) is 3.92. The molecule has 0 saturated carbocycles. The molecule has 3 aliphatic heterocycles. The molecule has 3 rings (SSSR count). The standard InChI is InChI=1S/C16H26N2O5/c19-15(20)14-8-11(9-18(14)12-3-6-22-7-4-12)10-23-16(21)13-2-1-5-17-13/h11-14,17H,1-10H2,(H,19,20)/t11-,13-,14-/m0/s1. The van der Waals surface area contributed by atoms with Gasteiger partial charge in [0.05, 0.1) is 6.61 Å². The fourth-order valence-corrected chi connectivity index (χ4v) is 3.92. The number of carbonyl (C=O) groups excluding carboxylic acids is 1. The molecule has 0 radical (unpaired) electrons. The van der Waals surface area contributed by atoms with Gasteiger partial charge in [-0.15, -0.1) is 0 Å². The average molecular weight is 326 g/mol. The van der Waals surface area contributed by atoms with Gasteiger partial charge in [-0.25, -0.2) is 0 Å². The van der Waals surface area contributed by atoms with E-state index in [4.69, 9.17) is 9.47 Å². The number of aliphatic carboxylic acids is 1. The van der Waals surface area contributed by atoms with Gasteiger partial charge in [-0.1, -0.05) is 0 Å². The van der Waals surface area contributed by atoms with Crippen LogP contribution in [0, 0.1) is 5.92 Å². The van der Waals surface area contributed by atoms with Gasteiger partial charge in [-0.05, 0) is 38.6 Å². The molecule has 0 spiro atoms.